The molecule has 0 N–H and O–H groups in total. The lowest BCUT2D eigenvalue weighted by Crippen LogP contribution is -2.33. The number of ether oxygens (including phenoxy) is 1. The highest BCUT2D eigenvalue weighted by Gasteiger charge is 2.53. The Bertz CT molecular complexity index is 784. The first-order valence-corrected chi connectivity index (χ1v) is 8.26. The second kappa shape index (κ2) is 5.03. The highest BCUT2D eigenvalue weighted by atomic mass is 16.5. The molecular formula is C19H22N2O2. The van der Waals surface area contributed by atoms with Crippen molar-refractivity contribution in [1.29, 1.82) is 0 Å². The van der Waals surface area contributed by atoms with E-state index in [4.69, 9.17) is 4.74 Å². The van der Waals surface area contributed by atoms with Gasteiger partial charge in [-0.2, -0.15) is 5.10 Å². The third kappa shape index (κ3) is 2.61. The predicted octanol–water partition coefficient (Wildman–Crippen LogP) is 3.18. The van der Waals surface area contributed by atoms with Crippen molar-refractivity contribution < 1.29 is 4.74 Å². The van der Waals surface area contributed by atoms with Gasteiger partial charge in [0.2, 0.25) is 0 Å². The van der Waals surface area contributed by atoms with Crippen LogP contribution in [-0.4, -0.2) is 22.0 Å². The standard InChI is InChI=1S/C19H22N2O2/c1-14-3-5-15(6-4-14)16-7-8-17(22)21(20-16)12-19-10-9-18(2,11-19)23-13-19/h3-8H,9-13H2,1-2H3. The molecule has 1 aromatic heterocycles. The largest absolute Gasteiger partial charge is 0.375 e. The number of nitrogens with zero attached hydrogens (tertiary/aromatic N) is 2. The summed E-state index contributed by atoms with van der Waals surface area (Å²) in [5.74, 6) is 0. The third-order valence-electron chi connectivity index (χ3n) is 5.36. The molecule has 2 heterocycles. The molecule has 1 aromatic carbocycles. The van der Waals surface area contributed by atoms with Gasteiger partial charge in [-0.15, -0.1) is 0 Å². The maximum atomic E-state index is 12.3. The second-order valence-electron chi connectivity index (χ2n) is 7.50. The van der Waals surface area contributed by atoms with Crippen LogP contribution in [0.15, 0.2) is 41.2 Å². The monoisotopic (exact) mass is 310 g/mol. The summed E-state index contributed by atoms with van der Waals surface area (Å²) in [4.78, 5) is 12.3. The molecule has 2 fully saturated rings. The fraction of sp³-hybridized carbons (Fsp3) is 0.474. The summed E-state index contributed by atoms with van der Waals surface area (Å²) in [5, 5.41) is 4.62. The molecule has 2 aliphatic rings. The van der Waals surface area contributed by atoms with Crippen LogP contribution in [-0.2, 0) is 11.3 Å². The van der Waals surface area contributed by atoms with Crippen molar-refractivity contribution in [2.75, 3.05) is 6.61 Å². The lowest BCUT2D eigenvalue weighted by atomic mass is 9.87. The van der Waals surface area contributed by atoms with Gasteiger partial charge in [0.15, 0.2) is 0 Å². The molecule has 0 spiro atoms. The Morgan fingerprint density at radius 2 is 1.96 bits per heavy atom. The Morgan fingerprint density at radius 1 is 1.17 bits per heavy atom. The van der Waals surface area contributed by atoms with E-state index in [0.29, 0.717) is 6.54 Å². The van der Waals surface area contributed by atoms with Crippen LogP contribution >= 0.6 is 0 Å². The van der Waals surface area contributed by atoms with E-state index in [0.717, 1.165) is 37.1 Å². The summed E-state index contributed by atoms with van der Waals surface area (Å²) >= 11 is 0. The summed E-state index contributed by atoms with van der Waals surface area (Å²) in [6.45, 7) is 5.64. The van der Waals surface area contributed by atoms with Crippen LogP contribution in [0, 0.1) is 12.3 Å². The summed E-state index contributed by atoms with van der Waals surface area (Å²) in [6.07, 6.45) is 3.23. The maximum absolute atomic E-state index is 12.3. The fourth-order valence-corrected chi connectivity index (χ4v) is 4.01. The molecule has 4 heteroatoms. The second-order valence-corrected chi connectivity index (χ2v) is 7.50. The first-order valence-electron chi connectivity index (χ1n) is 8.26. The van der Waals surface area contributed by atoms with Crippen molar-refractivity contribution in [3.63, 3.8) is 0 Å². The van der Waals surface area contributed by atoms with Gasteiger partial charge >= 0.3 is 0 Å². The summed E-state index contributed by atoms with van der Waals surface area (Å²) in [6, 6.07) is 11.7. The zero-order chi connectivity index (χ0) is 16.1. The summed E-state index contributed by atoms with van der Waals surface area (Å²) in [5.41, 5.74) is 3.17. The van der Waals surface area contributed by atoms with Gasteiger partial charge in [0.05, 0.1) is 24.4 Å². The van der Waals surface area contributed by atoms with Crippen molar-refractivity contribution in [2.24, 2.45) is 5.41 Å². The molecule has 2 bridgehead atoms. The molecule has 1 aliphatic heterocycles. The van der Waals surface area contributed by atoms with Crippen LogP contribution in [0.2, 0.25) is 0 Å². The lowest BCUT2D eigenvalue weighted by molar-refractivity contribution is -0.0187. The van der Waals surface area contributed by atoms with Gasteiger partial charge < -0.3 is 4.74 Å². The fourth-order valence-electron chi connectivity index (χ4n) is 4.01. The Morgan fingerprint density at radius 3 is 2.57 bits per heavy atom. The molecule has 2 unspecified atom stereocenters. The van der Waals surface area contributed by atoms with Gasteiger partial charge in [-0.3, -0.25) is 4.79 Å². The SMILES string of the molecule is Cc1ccc(-c2ccc(=O)n(CC34CCC(C)(C3)OC4)n2)cc1. The molecule has 4 rings (SSSR count). The van der Waals surface area contributed by atoms with E-state index in [2.05, 4.69) is 43.2 Å². The van der Waals surface area contributed by atoms with E-state index in [9.17, 15) is 4.79 Å². The molecule has 0 radical (unpaired) electrons. The van der Waals surface area contributed by atoms with Gasteiger partial charge in [-0.25, -0.2) is 4.68 Å². The van der Waals surface area contributed by atoms with Crippen molar-refractivity contribution in [3.8, 4) is 11.3 Å². The smallest absolute Gasteiger partial charge is 0.266 e. The predicted molar refractivity (Wildman–Crippen MR) is 89.3 cm³/mol. The van der Waals surface area contributed by atoms with Gasteiger partial charge in [0.1, 0.15) is 0 Å². The topological polar surface area (TPSA) is 44.1 Å². The average molecular weight is 310 g/mol. The van der Waals surface area contributed by atoms with E-state index < -0.39 is 0 Å². The Kier molecular flexibility index (Phi) is 3.20. The zero-order valence-corrected chi connectivity index (χ0v) is 13.7. The van der Waals surface area contributed by atoms with Crippen LogP contribution in [0.5, 0.6) is 0 Å². The molecule has 0 amide bonds. The minimum absolute atomic E-state index is 0.0121. The number of aromatic nitrogens is 2. The first-order chi connectivity index (χ1) is 11.0. The zero-order valence-electron chi connectivity index (χ0n) is 13.7. The Labute approximate surface area is 136 Å². The molecule has 1 aliphatic carbocycles. The van der Waals surface area contributed by atoms with Crippen molar-refractivity contribution in [3.05, 3.63) is 52.3 Å². The van der Waals surface area contributed by atoms with Crippen molar-refractivity contribution in [1.82, 2.24) is 9.78 Å². The van der Waals surface area contributed by atoms with Crippen LogP contribution in [0.25, 0.3) is 11.3 Å². The van der Waals surface area contributed by atoms with E-state index in [1.807, 2.05) is 6.07 Å². The number of hydrogen-bond donors (Lipinski definition) is 0. The maximum Gasteiger partial charge on any atom is 0.266 e. The van der Waals surface area contributed by atoms with Crippen molar-refractivity contribution in [2.45, 2.75) is 45.3 Å². The van der Waals surface area contributed by atoms with Gasteiger partial charge in [-0.1, -0.05) is 29.8 Å². The first kappa shape index (κ1) is 14.6. The molecule has 1 saturated carbocycles. The van der Waals surface area contributed by atoms with Gasteiger partial charge in [-0.05, 0) is 39.2 Å². The highest BCUT2D eigenvalue weighted by molar-refractivity contribution is 5.58. The van der Waals surface area contributed by atoms with Crippen LogP contribution in [0.4, 0.5) is 0 Å². The van der Waals surface area contributed by atoms with Crippen LogP contribution in [0.3, 0.4) is 0 Å². The number of fused-ring (bicyclic) bond motifs is 2. The van der Waals surface area contributed by atoms with Crippen LogP contribution < -0.4 is 5.56 Å². The van der Waals surface area contributed by atoms with E-state index in [1.54, 1.807) is 10.7 Å². The molecule has 2 aromatic rings. The molecule has 1 saturated heterocycles. The number of rotatable bonds is 3. The van der Waals surface area contributed by atoms with E-state index in [-0.39, 0.29) is 16.6 Å². The molecule has 120 valence electrons. The van der Waals surface area contributed by atoms with Gasteiger partial charge in [0.25, 0.3) is 5.56 Å². The van der Waals surface area contributed by atoms with E-state index in [1.165, 1.54) is 5.56 Å². The van der Waals surface area contributed by atoms with E-state index >= 15 is 0 Å². The summed E-state index contributed by atoms with van der Waals surface area (Å²) in [7, 11) is 0. The van der Waals surface area contributed by atoms with Crippen molar-refractivity contribution >= 4 is 0 Å². The molecule has 2 atom stereocenters. The number of hydrogen-bond acceptors (Lipinski definition) is 3. The minimum Gasteiger partial charge on any atom is -0.375 e. The summed E-state index contributed by atoms with van der Waals surface area (Å²) < 4.78 is 7.57. The number of benzene rings is 1. The average Bonchev–Trinajstić information content (AvgIpc) is 3.04. The normalized spacial score (nSPS) is 29.1. The third-order valence-corrected chi connectivity index (χ3v) is 5.36. The highest BCUT2D eigenvalue weighted by Crippen LogP contribution is 2.53. The molecular weight excluding hydrogens is 288 g/mol. The molecule has 4 nitrogen and oxygen atoms in total. The van der Waals surface area contributed by atoms with Crippen LogP contribution in [0.1, 0.15) is 31.7 Å². The van der Waals surface area contributed by atoms with Gasteiger partial charge in [0, 0.05) is 17.0 Å². The Hall–Kier alpha value is -1.94. The quantitative estimate of drug-likeness (QED) is 0.874. The Balaban J connectivity index is 1.65. The minimum atomic E-state index is -0.0317. The molecule has 23 heavy (non-hydrogen) atoms. The number of aryl methyl sites for hydroxylation is 1. The lowest BCUT2D eigenvalue weighted by Gasteiger charge is -2.26.